The zero-order valence-corrected chi connectivity index (χ0v) is 14.0. The fraction of sp³-hybridized carbons (Fsp3) is 0.250. The summed E-state index contributed by atoms with van der Waals surface area (Å²) in [5.41, 5.74) is 1.54. The number of rotatable bonds is 1. The van der Waals surface area contributed by atoms with E-state index < -0.39 is 6.04 Å². The van der Waals surface area contributed by atoms with E-state index in [1.54, 1.807) is 15.8 Å². The minimum atomic E-state index is -0.491. The lowest BCUT2D eigenvalue weighted by Crippen LogP contribution is -2.35. The van der Waals surface area contributed by atoms with Crippen LogP contribution in [-0.2, 0) is 16.0 Å². The molecule has 0 spiro atoms. The normalized spacial score (nSPS) is 21.8. The molecule has 3 heterocycles. The summed E-state index contributed by atoms with van der Waals surface area (Å²) < 4.78 is 7.01. The van der Waals surface area contributed by atoms with Gasteiger partial charge in [-0.05, 0) is 24.1 Å². The van der Waals surface area contributed by atoms with Gasteiger partial charge in [0.1, 0.15) is 11.9 Å². The van der Waals surface area contributed by atoms with Crippen LogP contribution in [0.3, 0.4) is 0 Å². The van der Waals surface area contributed by atoms with Crippen LogP contribution in [-0.4, -0.2) is 28.3 Å². The average Bonchev–Trinajstić information content (AvgIpc) is 3.40. The largest absolute Gasteiger partial charge is 0.464 e. The molecule has 2 atom stereocenters. The second-order valence-electron chi connectivity index (χ2n) is 6.61. The number of nitrogens with zero attached hydrogens (tertiary/aromatic N) is 3. The van der Waals surface area contributed by atoms with Crippen LogP contribution in [0.25, 0.3) is 10.9 Å². The van der Waals surface area contributed by atoms with E-state index in [0.29, 0.717) is 36.2 Å². The molecule has 2 aromatic carbocycles. The second kappa shape index (κ2) is 5.69. The molecule has 5 rings (SSSR count). The number of benzene rings is 2. The Kier molecular flexibility index (Phi) is 3.31. The number of fused-ring (bicyclic) bond motifs is 4. The number of ether oxygens (including phenoxy) is 1. The van der Waals surface area contributed by atoms with Gasteiger partial charge in [-0.1, -0.05) is 42.5 Å². The second-order valence-corrected chi connectivity index (χ2v) is 6.61. The molecule has 0 aliphatic carbocycles. The first-order valence-electron chi connectivity index (χ1n) is 8.76. The fourth-order valence-electron chi connectivity index (χ4n) is 3.75. The Morgan fingerprint density at radius 2 is 1.73 bits per heavy atom. The number of hydrogen-bond donors (Lipinski definition) is 0. The van der Waals surface area contributed by atoms with E-state index in [4.69, 9.17) is 9.72 Å². The van der Waals surface area contributed by atoms with Crippen molar-refractivity contribution in [2.24, 2.45) is 0 Å². The molecule has 1 fully saturated rings. The van der Waals surface area contributed by atoms with Crippen LogP contribution in [0.1, 0.15) is 23.9 Å². The molecular formula is C20H17N3O3. The summed E-state index contributed by atoms with van der Waals surface area (Å²) in [5.74, 6) is 0.391. The Morgan fingerprint density at radius 3 is 2.58 bits per heavy atom. The van der Waals surface area contributed by atoms with Crippen LogP contribution in [0.4, 0.5) is 0 Å². The maximum atomic E-state index is 13.2. The van der Waals surface area contributed by atoms with Crippen molar-refractivity contribution in [2.75, 3.05) is 11.6 Å². The molecule has 130 valence electrons. The highest BCUT2D eigenvalue weighted by molar-refractivity contribution is 5.85. The van der Waals surface area contributed by atoms with Crippen molar-refractivity contribution in [1.82, 2.24) is 9.66 Å². The highest BCUT2D eigenvalue weighted by Crippen LogP contribution is 2.42. The third-order valence-electron chi connectivity index (χ3n) is 5.00. The van der Waals surface area contributed by atoms with Crippen LogP contribution >= 0.6 is 0 Å². The molecule has 0 saturated carbocycles. The molecule has 6 heteroatoms. The first-order valence-corrected chi connectivity index (χ1v) is 8.76. The third-order valence-corrected chi connectivity index (χ3v) is 5.00. The molecule has 2 unspecified atom stereocenters. The minimum Gasteiger partial charge on any atom is -0.464 e. The Morgan fingerprint density at radius 1 is 0.962 bits per heavy atom. The Labute approximate surface area is 149 Å². The summed E-state index contributed by atoms with van der Waals surface area (Å²) in [6.45, 7) is 0.341. The van der Waals surface area contributed by atoms with Gasteiger partial charge < -0.3 is 4.74 Å². The zero-order chi connectivity index (χ0) is 17.7. The molecule has 2 aliphatic rings. The topological polar surface area (TPSA) is 64.2 Å². The van der Waals surface area contributed by atoms with E-state index in [2.05, 4.69) is 0 Å². The van der Waals surface area contributed by atoms with Crippen LogP contribution in [0, 0.1) is 0 Å². The number of carbonyl (C=O) groups is 1. The lowest BCUT2D eigenvalue weighted by molar-refractivity contribution is -0.143. The van der Waals surface area contributed by atoms with Crippen molar-refractivity contribution < 1.29 is 9.53 Å². The molecule has 26 heavy (non-hydrogen) atoms. The minimum absolute atomic E-state index is 0.135. The van der Waals surface area contributed by atoms with Gasteiger partial charge in [0.25, 0.3) is 5.56 Å². The van der Waals surface area contributed by atoms with E-state index in [1.165, 1.54) is 0 Å². The maximum Gasteiger partial charge on any atom is 0.333 e. The first-order chi connectivity index (χ1) is 12.8. The summed E-state index contributed by atoms with van der Waals surface area (Å²) >= 11 is 0. The van der Waals surface area contributed by atoms with E-state index in [0.717, 1.165) is 5.56 Å². The quantitative estimate of drug-likeness (QED) is 0.497. The number of hydrogen-bond acceptors (Lipinski definition) is 5. The molecule has 1 aromatic heterocycles. The molecule has 2 aliphatic heterocycles. The molecule has 6 nitrogen and oxygen atoms in total. The van der Waals surface area contributed by atoms with Gasteiger partial charge in [-0.15, -0.1) is 0 Å². The van der Waals surface area contributed by atoms with Crippen LogP contribution in [0.2, 0.25) is 0 Å². The summed E-state index contributed by atoms with van der Waals surface area (Å²) in [7, 11) is 0. The van der Waals surface area contributed by atoms with Crippen LogP contribution < -0.4 is 10.6 Å². The lowest BCUT2D eigenvalue weighted by atomic mass is 10.1. The van der Waals surface area contributed by atoms with E-state index in [1.807, 2.05) is 48.5 Å². The number of para-hydroxylation sites is 1. The van der Waals surface area contributed by atoms with E-state index in [9.17, 15) is 9.59 Å². The van der Waals surface area contributed by atoms with Crippen molar-refractivity contribution in [3.05, 3.63) is 76.3 Å². The Bertz CT molecular complexity index is 1060. The lowest BCUT2D eigenvalue weighted by Gasteiger charge is -2.15. The molecule has 1 saturated heterocycles. The summed E-state index contributed by atoms with van der Waals surface area (Å²) in [5, 5.41) is 2.36. The zero-order valence-electron chi connectivity index (χ0n) is 14.0. The molecule has 0 radical (unpaired) electrons. The highest BCUT2D eigenvalue weighted by Gasteiger charge is 2.56. The van der Waals surface area contributed by atoms with E-state index >= 15 is 0 Å². The first kappa shape index (κ1) is 15.1. The van der Waals surface area contributed by atoms with Crippen molar-refractivity contribution in [1.29, 1.82) is 0 Å². The molecule has 3 aromatic rings. The molecule has 0 amide bonds. The van der Waals surface area contributed by atoms with Crippen molar-refractivity contribution in [2.45, 2.75) is 24.9 Å². The number of carbonyl (C=O) groups excluding carboxylic acids is 1. The van der Waals surface area contributed by atoms with E-state index in [-0.39, 0.29) is 17.6 Å². The van der Waals surface area contributed by atoms with Crippen molar-refractivity contribution in [3.8, 4) is 0 Å². The SMILES string of the molecule is O=C1OCCCc2nc3ccccc3c(=O)n2N2C1C2c1ccccc1. The van der Waals surface area contributed by atoms with Gasteiger partial charge in [0.05, 0.1) is 17.5 Å². The van der Waals surface area contributed by atoms with Gasteiger partial charge in [-0.3, -0.25) is 9.80 Å². The predicted molar refractivity (Wildman–Crippen MR) is 96.5 cm³/mol. The smallest absolute Gasteiger partial charge is 0.333 e. The molecule has 0 N–H and O–H groups in total. The number of cyclic esters (lactones) is 1. The van der Waals surface area contributed by atoms with Crippen molar-refractivity contribution in [3.63, 3.8) is 0 Å². The van der Waals surface area contributed by atoms with Gasteiger partial charge in [0.2, 0.25) is 0 Å². The van der Waals surface area contributed by atoms with Crippen LogP contribution in [0.15, 0.2) is 59.4 Å². The van der Waals surface area contributed by atoms with Crippen molar-refractivity contribution >= 4 is 16.9 Å². The number of esters is 1. The Hall–Kier alpha value is -3.15. The molecular weight excluding hydrogens is 330 g/mol. The standard InChI is InChI=1S/C20H17N3O3/c24-19-14-9-4-5-10-15(14)21-16-11-6-12-26-20(25)18-17(23(18)22(16)19)13-7-2-1-3-8-13/h1-5,7-10,17-18H,6,11-12H2. The summed E-state index contributed by atoms with van der Waals surface area (Å²) in [6, 6.07) is 16.4. The summed E-state index contributed by atoms with van der Waals surface area (Å²) in [6.07, 6.45) is 1.23. The van der Waals surface area contributed by atoms with Gasteiger partial charge in [-0.25, -0.2) is 14.5 Å². The monoisotopic (exact) mass is 347 g/mol. The van der Waals surface area contributed by atoms with Crippen LogP contribution in [0.5, 0.6) is 0 Å². The third kappa shape index (κ3) is 2.22. The molecule has 0 bridgehead atoms. The average molecular weight is 347 g/mol. The number of aryl methyl sites for hydroxylation is 1. The highest BCUT2D eigenvalue weighted by atomic mass is 16.5. The van der Waals surface area contributed by atoms with Gasteiger partial charge in [-0.2, -0.15) is 0 Å². The Balaban J connectivity index is 1.72. The predicted octanol–water partition coefficient (Wildman–Crippen LogP) is 1.95. The summed E-state index contributed by atoms with van der Waals surface area (Å²) in [4.78, 5) is 30.4. The maximum absolute atomic E-state index is 13.2. The van der Waals surface area contributed by atoms with Gasteiger partial charge >= 0.3 is 5.97 Å². The number of aromatic nitrogens is 2. The van der Waals surface area contributed by atoms with Gasteiger partial charge in [0.15, 0.2) is 6.04 Å². The van der Waals surface area contributed by atoms with Gasteiger partial charge in [0, 0.05) is 6.42 Å². The fourth-order valence-corrected chi connectivity index (χ4v) is 3.75.